The lowest BCUT2D eigenvalue weighted by Crippen LogP contribution is -2.10. The molecule has 0 aliphatic heterocycles. The van der Waals surface area contributed by atoms with E-state index in [1.54, 1.807) is 13.8 Å². The highest BCUT2D eigenvalue weighted by Crippen LogP contribution is 2.59. The fourth-order valence-corrected chi connectivity index (χ4v) is 3.42. The summed E-state index contributed by atoms with van der Waals surface area (Å²) in [7, 11) is 0. The summed E-state index contributed by atoms with van der Waals surface area (Å²) >= 11 is 0. The SMILES string of the molecule is CC1(C)[C@H](C(=O)OCc2cccc(-c3ccccc3)c2)[C@@H]1C=CC(F)(F)F. The van der Waals surface area contributed by atoms with Gasteiger partial charge in [-0.3, -0.25) is 4.79 Å². The summed E-state index contributed by atoms with van der Waals surface area (Å²) in [5.74, 6) is -1.46. The smallest absolute Gasteiger partial charge is 0.409 e. The number of hydrogen-bond acceptors (Lipinski definition) is 2. The van der Waals surface area contributed by atoms with E-state index in [0.717, 1.165) is 22.8 Å². The lowest BCUT2D eigenvalue weighted by atomic mass is 10.0. The van der Waals surface area contributed by atoms with Gasteiger partial charge in [0.15, 0.2) is 0 Å². The Kier molecular flexibility index (Phi) is 5.13. The van der Waals surface area contributed by atoms with Crippen LogP contribution in [0.1, 0.15) is 19.4 Å². The monoisotopic (exact) mass is 374 g/mol. The molecular formula is C22H21F3O2. The molecule has 0 spiro atoms. The Labute approximate surface area is 156 Å². The largest absolute Gasteiger partial charge is 0.461 e. The van der Waals surface area contributed by atoms with Crippen LogP contribution < -0.4 is 0 Å². The second-order valence-corrected chi connectivity index (χ2v) is 7.40. The summed E-state index contributed by atoms with van der Waals surface area (Å²) in [6.07, 6.45) is -3.09. The van der Waals surface area contributed by atoms with Gasteiger partial charge in [0.25, 0.3) is 0 Å². The van der Waals surface area contributed by atoms with E-state index in [-0.39, 0.29) is 12.7 Å². The Hall–Kier alpha value is -2.56. The summed E-state index contributed by atoms with van der Waals surface area (Å²) in [4.78, 5) is 12.3. The van der Waals surface area contributed by atoms with Gasteiger partial charge in [0.2, 0.25) is 0 Å². The molecule has 2 atom stereocenters. The van der Waals surface area contributed by atoms with Crippen LogP contribution in [0.2, 0.25) is 0 Å². The van der Waals surface area contributed by atoms with Gasteiger partial charge in [0.05, 0.1) is 5.92 Å². The number of esters is 1. The predicted molar refractivity (Wildman–Crippen MR) is 97.6 cm³/mol. The summed E-state index contributed by atoms with van der Waals surface area (Å²) < 4.78 is 42.5. The van der Waals surface area contributed by atoms with E-state index in [0.29, 0.717) is 0 Å². The third-order valence-electron chi connectivity index (χ3n) is 5.07. The van der Waals surface area contributed by atoms with Crippen LogP contribution in [0.3, 0.4) is 0 Å². The Morgan fingerprint density at radius 1 is 1.07 bits per heavy atom. The number of hydrogen-bond donors (Lipinski definition) is 0. The molecular weight excluding hydrogens is 353 g/mol. The predicted octanol–water partition coefficient (Wildman–Crippen LogP) is 5.79. The van der Waals surface area contributed by atoms with Crippen molar-refractivity contribution in [2.45, 2.75) is 26.6 Å². The molecule has 0 unspecified atom stereocenters. The summed E-state index contributed by atoms with van der Waals surface area (Å²) in [6.45, 7) is 3.66. The van der Waals surface area contributed by atoms with Gasteiger partial charge in [-0.15, -0.1) is 0 Å². The number of benzene rings is 2. The minimum absolute atomic E-state index is 0.0990. The van der Waals surface area contributed by atoms with Gasteiger partial charge in [-0.05, 0) is 34.1 Å². The van der Waals surface area contributed by atoms with Crippen LogP contribution in [-0.2, 0) is 16.1 Å². The molecule has 0 N–H and O–H groups in total. The van der Waals surface area contributed by atoms with Crippen LogP contribution in [-0.4, -0.2) is 12.1 Å². The fraction of sp³-hybridized carbons (Fsp3) is 0.318. The van der Waals surface area contributed by atoms with Gasteiger partial charge in [0.1, 0.15) is 6.61 Å². The molecule has 3 rings (SSSR count). The average molecular weight is 374 g/mol. The van der Waals surface area contributed by atoms with Gasteiger partial charge in [-0.2, -0.15) is 13.2 Å². The third kappa shape index (κ3) is 4.59. The Morgan fingerprint density at radius 3 is 2.41 bits per heavy atom. The Morgan fingerprint density at radius 2 is 1.74 bits per heavy atom. The number of carbonyl (C=O) groups is 1. The Balaban J connectivity index is 1.62. The molecule has 5 heteroatoms. The van der Waals surface area contributed by atoms with Crippen molar-refractivity contribution in [3.63, 3.8) is 0 Å². The topological polar surface area (TPSA) is 26.3 Å². The molecule has 27 heavy (non-hydrogen) atoms. The first-order valence-corrected chi connectivity index (χ1v) is 8.75. The normalized spacial score (nSPS) is 21.2. The third-order valence-corrected chi connectivity index (χ3v) is 5.07. The van der Waals surface area contributed by atoms with Gasteiger partial charge in [-0.1, -0.05) is 68.5 Å². The van der Waals surface area contributed by atoms with Crippen LogP contribution >= 0.6 is 0 Å². The maximum absolute atomic E-state index is 12.4. The number of allylic oxidation sites excluding steroid dienone is 2. The number of ether oxygens (including phenoxy) is 1. The van der Waals surface area contributed by atoms with Crippen LogP contribution in [0.25, 0.3) is 11.1 Å². The van der Waals surface area contributed by atoms with Crippen molar-refractivity contribution in [1.82, 2.24) is 0 Å². The number of rotatable bonds is 5. The van der Waals surface area contributed by atoms with Crippen molar-refractivity contribution in [3.8, 4) is 11.1 Å². The van der Waals surface area contributed by atoms with Gasteiger partial charge < -0.3 is 4.74 Å². The zero-order valence-corrected chi connectivity index (χ0v) is 15.2. The van der Waals surface area contributed by atoms with Gasteiger partial charge >= 0.3 is 12.1 Å². The number of carbonyl (C=O) groups excluding carboxylic acids is 1. The molecule has 2 aromatic rings. The van der Waals surface area contributed by atoms with E-state index in [4.69, 9.17) is 4.74 Å². The molecule has 2 aromatic carbocycles. The first-order valence-electron chi connectivity index (χ1n) is 8.75. The van der Waals surface area contributed by atoms with Crippen molar-refractivity contribution >= 4 is 5.97 Å². The molecule has 1 saturated carbocycles. The van der Waals surface area contributed by atoms with Gasteiger partial charge in [0, 0.05) is 6.08 Å². The highest BCUT2D eigenvalue weighted by Gasteiger charge is 2.61. The zero-order valence-electron chi connectivity index (χ0n) is 15.2. The van der Waals surface area contributed by atoms with Crippen LogP contribution in [0.4, 0.5) is 13.2 Å². The highest BCUT2D eigenvalue weighted by atomic mass is 19.4. The van der Waals surface area contributed by atoms with E-state index >= 15 is 0 Å². The number of alkyl halides is 3. The highest BCUT2D eigenvalue weighted by molar-refractivity contribution is 5.78. The van der Waals surface area contributed by atoms with Crippen LogP contribution in [0, 0.1) is 17.3 Å². The standard InChI is InChI=1S/C22H21F3O2/c1-21(2)18(11-12-22(23,24)25)19(21)20(26)27-14-15-7-6-10-17(13-15)16-8-4-3-5-9-16/h3-13,18-19H,14H2,1-2H3/t18-,19-/m0/s1. The maximum atomic E-state index is 12.4. The van der Waals surface area contributed by atoms with E-state index in [2.05, 4.69) is 0 Å². The summed E-state index contributed by atoms with van der Waals surface area (Å²) in [5, 5.41) is 0. The molecule has 0 bridgehead atoms. The van der Waals surface area contributed by atoms with Crippen molar-refractivity contribution in [2.24, 2.45) is 17.3 Å². The number of halogens is 3. The molecule has 0 heterocycles. The molecule has 1 aliphatic carbocycles. The molecule has 0 amide bonds. The van der Waals surface area contributed by atoms with E-state index in [1.165, 1.54) is 0 Å². The lowest BCUT2D eigenvalue weighted by molar-refractivity contribution is -0.147. The Bertz CT molecular complexity index is 838. The van der Waals surface area contributed by atoms with E-state index in [1.807, 2.05) is 54.6 Å². The average Bonchev–Trinajstić information content (AvgIpc) is 3.19. The van der Waals surface area contributed by atoms with Crippen LogP contribution in [0.15, 0.2) is 66.7 Å². The zero-order chi connectivity index (χ0) is 19.7. The molecule has 0 saturated heterocycles. The quantitative estimate of drug-likeness (QED) is 0.489. The minimum atomic E-state index is -4.37. The summed E-state index contributed by atoms with van der Waals surface area (Å²) in [6, 6.07) is 17.5. The van der Waals surface area contributed by atoms with Crippen molar-refractivity contribution in [1.29, 1.82) is 0 Å². The first kappa shape index (κ1) is 19.2. The maximum Gasteiger partial charge on any atom is 0.409 e. The molecule has 1 fully saturated rings. The fourth-order valence-electron chi connectivity index (χ4n) is 3.42. The second-order valence-electron chi connectivity index (χ2n) is 7.40. The summed E-state index contributed by atoms with van der Waals surface area (Å²) in [5.41, 5.74) is 2.39. The minimum Gasteiger partial charge on any atom is -0.461 e. The molecule has 2 nitrogen and oxygen atoms in total. The molecule has 142 valence electrons. The molecule has 0 radical (unpaired) electrons. The molecule has 0 aromatic heterocycles. The van der Waals surface area contributed by atoms with Crippen molar-refractivity contribution < 1.29 is 22.7 Å². The second kappa shape index (κ2) is 7.22. The molecule has 1 aliphatic rings. The van der Waals surface area contributed by atoms with Crippen LogP contribution in [0.5, 0.6) is 0 Å². The van der Waals surface area contributed by atoms with Crippen molar-refractivity contribution in [3.05, 3.63) is 72.3 Å². The van der Waals surface area contributed by atoms with Crippen molar-refractivity contribution in [2.75, 3.05) is 0 Å². The first-order chi connectivity index (χ1) is 12.7. The van der Waals surface area contributed by atoms with Gasteiger partial charge in [-0.25, -0.2) is 0 Å². The van der Waals surface area contributed by atoms with E-state index in [9.17, 15) is 18.0 Å². The van der Waals surface area contributed by atoms with E-state index < -0.39 is 29.4 Å². The lowest BCUT2D eigenvalue weighted by Gasteiger charge is -2.08.